The fourth-order valence-electron chi connectivity index (χ4n) is 4.09. The summed E-state index contributed by atoms with van der Waals surface area (Å²) < 4.78 is 1.92. The molecule has 36 heavy (non-hydrogen) atoms. The zero-order valence-electron chi connectivity index (χ0n) is 19.5. The molecular weight excluding hydrogens is 472 g/mol. The summed E-state index contributed by atoms with van der Waals surface area (Å²) in [7, 11) is 0. The van der Waals surface area contributed by atoms with Crippen LogP contribution in [0.2, 0.25) is 0 Å². The van der Waals surface area contributed by atoms with Crippen LogP contribution in [0, 0.1) is 11.8 Å². The fraction of sp³-hybridized carbons (Fsp3) is 0.192. The Morgan fingerprint density at radius 3 is 2.86 bits per heavy atom. The molecule has 0 aliphatic carbocycles. The summed E-state index contributed by atoms with van der Waals surface area (Å²) >= 11 is 1.37. The highest BCUT2D eigenvalue weighted by Gasteiger charge is 2.24. The SMILES string of the molecule is CC(O)(C#Cc1cc2n(n1)CCCN2c1ccnc(Nc2ccc3ccccc3n2)n1)c1nccs1. The van der Waals surface area contributed by atoms with Gasteiger partial charge in [0.15, 0.2) is 5.60 Å². The molecule has 4 aromatic heterocycles. The van der Waals surface area contributed by atoms with Crippen LogP contribution >= 0.6 is 11.3 Å². The number of anilines is 4. The molecule has 5 heterocycles. The van der Waals surface area contributed by atoms with Gasteiger partial charge in [0.05, 0.1) is 5.52 Å². The van der Waals surface area contributed by atoms with Crippen LogP contribution in [0.3, 0.4) is 0 Å². The Bertz CT molecular complexity index is 1600. The predicted octanol–water partition coefficient (Wildman–Crippen LogP) is 4.22. The number of rotatable bonds is 4. The van der Waals surface area contributed by atoms with Crippen molar-refractivity contribution in [3.05, 3.63) is 77.0 Å². The average molecular weight is 495 g/mol. The Hall–Kier alpha value is -4.33. The Balaban J connectivity index is 1.26. The lowest BCUT2D eigenvalue weighted by Crippen LogP contribution is -2.28. The second-order valence-electron chi connectivity index (χ2n) is 8.53. The Morgan fingerprint density at radius 2 is 1.97 bits per heavy atom. The molecular formula is C26H22N8OS. The van der Waals surface area contributed by atoms with Gasteiger partial charge in [-0.25, -0.2) is 19.6 Å². The fourth-order valence-corrected chi connectivity index (χ4v) is 4.74. The van der Waals surface area contributed by atoms with E-state index in [1.54, 1.807) is 19.3 Å². The lowest BCUT2D eigenvalue weighted by molar-refractivity contribution is 0.122. The molecule has 0 amide bonds. The molecule has 1 aliphatic rings. The number of nitrogens with one attached hydrogen (secondary N) is 1. The predicted molar refractivity (Wildman–Crippen MR) is 139 cm³/mol. The minimum atomic E-state index is -1.33. The molecule has 10 heteroatoms. The molecule has 0 fully saturated rings. The summed E-state index contributed by atoms with van der Waals surface area (Å²) in [6.45, 7) is 3.22. The first-order valence-electron chi connectivity index (χ1n) is 11.5. The maximum Gasteiger partial charge on any atom is 0.230 e. The second kappa shape index (κ2) is 9.03. The van der Waals surface area contributed by atoms with Crippen LogP contribution in [0.15, 0.2) is 66.3 Å². The number of hydrogen-bond acceptors (Lipinski definition) is 9. The molecule has 0 saturated carbocycles. The maximum atomic E-state index is 10.7. The van der Waals surface area contributed by atoms with Gasteiger partial charge in [-0.3, -0.25) is 0 Å². The van der Waals surface area contributed by atoms with E-state index < -0.39 is 5.60 Å². The lowest BCUT2D eigenvalue weighted by Gasteiger charge is -2.28. The summed E-state index contributed by atoms with van der Waals surface area (Å²) in [4.78, 5) is 20.1. The molecule has 1 aromatic carbocycles. The largest absolute Gasteiger partial charge is 0.371 e. The number of nitrogens with zero attached hydrogens (tertiary/aromatic N) is 7. The number of fused-ring (bicyclic) bond motifs is 2. The smallest absolute Gasteiger partial charge is 0.230 e. The van der Waals surface area contributed by atoms with Crippen molar-refractivity contribution in [1.82, 2.24) is 29.7 Å². The Kier molecular flexibility index (Phi) is 5.56. The van der Waals surface area contributed by atoms with E-state index in [2.05, 4.69) is 42.1 Å². The Morgan fingerprint density at radius 1 is 1.06 bits per heavy atom. The van der Waals surface area contributed by atoms with Crippen LogP contribution in [0.25, 0.3) is 10.9 Å². The molecule has 178 valence electrons. The van der Waals surface area contributed by atoms with Crippen LogP contribution in [0.1, 0.15) is 24.0 Å². The van der Waals surface area contributed by atoms with Crippen LogP contribution in [-0.4, -0.2) is 41.4 Å². The van der Waals surface area contributed by atoms with Gasteiger partial charge in [-0.2, -0.15) is 10.1 Å². The number of aliphatic hydroxyl groups is 1. The third-order valence-electron chi connectivity index (χ3n) is 5.83. The van der Waals surface area contributed by atoms with Gasteiger partial charge in [-0.1, -0.05) is 24.1 Å². The van der Waals surface area contributed by atoms with E-state index in [1.165, 1.54) is 11.3 Å². The van der Waals surface area contributed by atoms with E-state index in [1.807, 2.05) is 58.6 Å². The van der Waals surface area contributed by atoms with Gasteiger partial charge < -0.3 is 15.3 Å². The van der Waals surface area contributed by atoms with E-state index in [0.717, 1.165) is 42.0 Å². The van der Waals surface area contributed by atoms with Crippen LogP contribution in [0.4, 0.5) is 23.4 Å². The van der Waals surface area contributed by atoms with Crippen molar-refractivity contribution in [3.8, 4) is 11.8 Å². The van der Waals surface area contributed by atoms with Gasteiger partial charge in [-0.15, -0.1) is 11.3 Å². The van der Waals surface area contributed by atoms with Crippen molar-refractivity contribution >= 4 is 45.6 Å². The molecule has 1 atom stereocenters. The van der Waals surface area contributed by atoms with E-state index in [9.17, 15) is 5.11 Å². The molecule has 1 unspecified atom stereocenters. The first-order valence-corrected chi connectivity index (χ1v) is 12.4. The molecule has 6 rings (SSSR count). The third kappa shape index (κ3) is 4.37. The van der Waals surface area contributed by atoms with Crippen molar-refractivity contribution in [2.75, 3.05) is 16.8 Å². The van der Waals surface area contributed by atoms with E-state index in [0.29, 0.717) is 22.5 Å². The normalized spacial score (nSPS) is 14.6. The number of aromatic nitrogens is 6. The van der Waals surface area contributed by atoms with Gasteiger partial charge >= 0.3 is 0 Å². The van der Waals surface area contributed by atoms with Crippen molar-refractivity contribution in [1.29, 1.82) is 0 Å². The molecule has 5 aromatic rings. The molecule has 0 bridgehead atoms. The van der Waals surface area contributed by atoms with Gasteiger partial charge in [0.2, 0.25) is 5.95 Å². The van der Waals surface area contributed by atoms with Gasteiger partial charge in [0, 0.05) is 42.3 Å². The quantitative estimate of drug-likeness (QED) is 0.358. The topological polar surface area (TPSA) is 105 Å². The average Bonchev–Trinajstić information content (AvgIpc) is 3.58. The van der Waals surface area contributed by atoms with E-state index in [4.69, 9.17) is 4.98 Å². The first kappa shape index (κ1) is 22.2. The van der Waals surface area contributed by atoms with E-state index in [-0.39, 0.29) is 0 Å². The third-order valence-corrected chi connectivity index (χ3v) is 6.81. The maximum absolute atomic E-state index is 10.7. The highest BCUT2D eigenvalue weighted by Crippen LogP contribution is 2.29. The standard InChI is InChI=1S/C26H22N8OS/c1-26(35,24-27-13-16-36-24)11-9-19-17-23-33(14-4-15-34(23)32-19)22-10-12-28-25(31-22)30-21-8-7-18-5-2-3-6-20(18)29-21/h2-3,5-8,10,12-13,16-17,35H,4,14-15H2,1H3,(H,28,29,30,31). The monoisotopic (exact) mass is 494 g/mol. The van der Waals surface area contributed by atoms with Gasteiger partial charge in [-0.05, 0) is 43.5 Å². The number of thiazole rings is 1. The highest BCUT2D eigenvalue weighted by atomic mass is 32.1. The van der Waals surface area contributed by atoms with Crippen molar-refractivity contribution in [2.24, 2.45) is 0 Å². The zero-order chi connectivity index (χ0) is 24.5. The second-order valence-corrected chi connectivity index (χ2v) is 9.42. The summed E-state index contributed by atoms with van der Waals surface area (Å²) in [6, 6.07) is 15.7. The molecule has 9 nitrogen and oxygen atoms in total. The lowest BCUT2D eigenvalue weighted by atomic mass is 10.1. The van der Waals surface area contributed by atoms with Crippen molar-refractivity contribution in [2.45, 2.75) is 25.5 Å². The minimum Gasteiger partial charge on any atom is -0.371 e. The first-order chi connectivity index (χ1) is 17.5. The summed E-state index contributed by atoms with van der Waals surface area (Å²) in [5.41, 5.74) is 0.157. The van der Waals surface area contributed by atoms with Gasteiger partial charge in [0.25, 0.3) is 0 Å². The zero-order valence-corrected chi connectivity index (χ0v) is 20.3. The highest BCUT2D eigenvalue weighted by molar-refractivity contribution is 7.09. The summed E-state index contributed by atoms with van der Waals surface area (Å²) in [5.74, 6) is 8.72. The van der Waals surface area contributed by atoms with Crippen LogP contribution in [-0.2, 0) is 12.1 Å². The molecule has 0 spiro atoms. The number of hydrogen-bond donors (Lipinski definition) is 2. The summed E-state index contributed by atoms with van der Waals surface area (Å²) in [5, 5.41) is 22.0. The molecule has 2 N–H and O–H groups in total. The number of para-hydroxylation sites is 1. The minimum absolute atomic E-state index is 0.464. The van der Waals surface area contributed by atoms with Crippen molar-refractivity contribution in [3.63, 3.8) is 0 Å². The number of benzene rings is 1. The molecule has 1 aliphatic heterocycles. The van der Waals surface area contributed by atoms with E-state index >= 15 is 0 Å². The molecule has 0 saturated heterocycles. The summed E-state index contributed by atoms with van der Waals surface area (Å²) in [6.07, 6.45) is 4.30. The van der Waals surface area contributed by atoms with Crippen molar-refractivity contribution < 1.29 is 5.11 Å². The van der Waals surface area contributed by atoms with Crippen LogP contribution < -0.4 is 10.2 Å². The number of aryl methyl sites for hydroxylation is 1. The Labute approximate surface area is 211 Å². The van der Waals surface area contributed by atoms with Gasteiger partial charge in [0.1, 0.15) is 28.2 Å². The molecule has 0 radical (unpaired) electrons. The van der Waals surface area contributed by atoms with Crippen LogP contribution in [0.5, 0.6) is 0 Å². The number of pyridine rings is 1.